The summed E-state index contributed by atoms with van der Waals surface area (Å²) in [5.41, 5.74) is -5.90. The maximum Gasteiger partial charge on any atom is 0.305 e. The number of benzene rings is 3. The first-order chi connectivity index (χ1) is 20.9. The normalized spacial score (nSPS) is 21.5. The van der Waals surface area contributed by atoms with Crippen LogP contribution in [0.1, 0.15) is 78.2 Å². The number of carbonyl (C=O) groups excluding carboxylic acids is 1. The summed E-state index contributed by atoms with van der Waals surface area (Å²) in [6.45, 7) is 3.44. The van der Waals surface area contributed by atoms with Gasteiger partial charge in [0.2, 0.25) is 0 Å². The van der Waals surface area contributed by atoms with Gasteiger partial charge in [-0.15, -0.1) is 0 Å². The number of fused-ring (bicyclic) bond motifs is 1. The SMILES string of the molecule is CCO[C@]1(c2ccc(Cl)cc2)c2c(F)cc(C(O)(CC)C3(F)CCOCC3)cc2C(=O)N1C(CC(=O)O)c1ccc(Cl)cc1. The van der Waals surface area contributed by atoms with Crippen LogP contribution in [0.5, 0.6) is 0 Å². The molecule has 0 saturated carbocycles. The Hall–Kier alpha value is -3.08. The van der Waals surface area contributed by atoms with E-state index < -0.39 is 47.2 Å². The molecule has 1 fully saturated rings. The fraction of sp³-hybridized carbons (Fsp3) is 0.394. The summed E-state index contributed by atoms with van der Waals surface area (Å²) < 4.78 is 44.8. The van der Waals surface area contributed by atoms with Crippen molar-refractivity contribution >= 4 is 35.1 Å². The van der Waals surface area contributed by atoms with E-state index in [2.05, 4.69) is 0 Å². The molecule has 3 aromatic carbocycles. The zero-order chi connectivity index (χ0) is 31.9. The molecule has 44 heavy (non-hydrogen) atoms. The van der Waals surface area contributed by atoms with E-state index in [9.17, 15) is 19.8 Å². The number of carboxylic acids is 1. The first-order valence-electron chi connectivity index (χ1n) is 14.5. The van der Waals surface area contributed by atoms with Gasteiger partial charge in [-0.2, -0.15) is 0 Å². The Morgan fingerprint density at radius 1 is 1.07 bits per heavy atom. The van der Waals surface area contributed by atoms with Crippen molar-refractivity contribution < 1.29 is 38.1 Å². The zero-order valence-electron chi connectivity index (χ0n) is 24.3. The van der Waals surface area contributed by atoms with Crippen LogP contribution in [-0.2, 0) is 25.6 Å². The molecule has 1 amide bonds. The van der Waals surface area contributed by atoms with Crippen molar-refractivity contribution in [2.45, 2.75) is 62.6 Å². The first-order valence-corrected chi connectivity index (χ1v) is 15.2. The van der Waals surface area contributed by atoms with Crippen LogP contribution in [0.2, 0.25) is 10.0 Å². The van der Waals surface area contributed by atoms with Crippen molar-refractivity contribution in [3.63, 3.8) is 0 Å². The lowest BCUT2D eigenvalue weighted by Crippen LogP contribution is -2.51. The van der Waals surface area contributed by atoms with Crippen molar-refractivity contribution in [1.82, 2.24) is 4.90 Å². The summed E-state index contributed by atoms with van der Waals surface area (Å²) in [5, 5.41) is 22.6. The van der Waals surface area contributed by atoms with Crippen molar-refractivity contribution in [3.05, 3.63) is 104 Å². The van der Waals surface area contributed by atoms with Crippen LogP contribution in [0, 0.1) is 5.82 Å². The molecule has 0 aliphatic carbocycles. The van der Waals surface area contributed by atoms with Crippen molar-refractivity contribution in [2.24, 2.45) is 0 Å². The predicted octanol–water partition coefficient (Wildman–Crippen LogP) is 7.16. The summed E-state index contributed by atoms with van der Waals surface area (Å²) in [4.78, 5) is 28.1. The molecule has 0 radical (unpaired) electrons. The van der Waals surface area contributed by atoms with Gasteiger partial charge in [-0.1, -0.05) is 54.4 Å². The van der Waals surface area contributed by atoms with Crippen LogP contribution in [-0.4, -0.2) is 52.5 Å². The number of ether oxygens (including phenoxy) is 2. The minimum Gasteiger partial charge on any atom is -0.481 e. The molecule has 0 bridgehead atoms. The van der Waals surface area contributed by atoms with Crippen LogP contribution in [0.25, 0.3) is 0 Å². The van der Waals surface area contributed by atoms with Gasteiger partial charge in [-0.3, -0.25) is 14.5 Å². The van der Waals surface area contributed by atoms with Gasteiger partial charge in [0.1, 0.15) is 17.1 Å². The van der Waals surface area contributed by atoms with Crippen molar-refractivity contribution in [1.29, 1.82) is 0 Å². The highest BCUT2D eigenvalue weighted by Gasteiger charge is 2.59. The van der Waals surface area contributed by atoms with Crippen LogP contribution in [0.3, 0.4) is 0 Å². The van der Waals surface area contributed by atoms with E-state index in [1.807, 2.05) is 0 Å². The average Bonchev–Trinajstić information content (AvgIpc) is 3.25. The molecule has 7 nitrogen and oxygen atoms in total. The molecule has 1 saturated heterocycles. The Labute approximate surface area is 264 Å². The van der Waals surface area contributed by atoms with Gasteiger partial charge in [0.15, 0.2) is 5.72 Å². The van der Waals surface area contributed by atoms with E-state index in [4.69, 9.17) is 32.7 Å². The minimum absolute atomic E-state index is 0.0000638. The van der Waals surface area contributed by atoms with Crippen LogP contribution < -0.4 is 0 Å². The third-order valence-corrected chi connectivity index (χ3v) is 9.26. The smallest absolute Gasteiger partial charge is 0.305 e. The highest BCUT2D eigenvalue weighted by atomic mass is 35.5. The molecule has 5 rings (SSSR count). The van der Waals surface area contributed by atoms with Gasteiger partial charge in [0.05, 0.1) is 23.6 Å². The highest BCUT2D eigenvalue weighted by molar-refractivity contribution is 6.30. The number of aliphatic carboxylic acids is 1. The molecule has 3 atom stereocenters. The number of hydrogen-bond acceptors (Lipinski definition) is 5. The van der Waals surface area contributed by atoms with E-state index in [0.717, 1.165) is 6.07 Å². The number of halogens is 4. The second-order valence-corrected chi connectivity index (χ2v) is 12.0. The Morgan fingerprint density at radius 2 is 1.66 bits per heavy atom. The predicted molar refractivity (Wildman–Crippen MR) is 161 cm³/mol. The molecular weight excluding hydrogens is 615 g/mol. The number of hydrogen-bond donors (Lipinski definition) is 2. The highest BCUT2D eigenvalue weighted by Crippen LogP contribution is 2.53. The van der Waals surface area contributed by atoms with E-state index in [1.165, 1.54) is 11.0 Å². The molecule has 0 spiro atoms. The van der Waals surface area contributed by atoms with Crippen molar-refractivity contribution in [3.8, 4) is 0 Å². The van der Waals surface area contributed by atoms with Crippen molar-refractivity contribution in [2.75, 3.05) is 19.8 Å². The fourth-order valence-corrected chi connectivity index (χ4v) is 6.85. The maximum atomic E-state index is 16.7. The lowest BCUT2D eigenvalue weighted by atomic mass is 9.72. The standard InChI is InChI=1S/C33H33Cl2F2NO6/c1-3-32(42,31(37)13-15-43-16-14-31)22-17-25-29(26(36)18-22)33(44-4-2,21-7-11-24(35)12-8-21)38(30(25)41)27(19-28(39)40)20-5-9-23(34)10-6-20/h5-12,17-18,27,42H,3-4,13-16,19H2,1-2H3,(H,39,40)/t27?,32?,33-/m1/s1. The molecule has 2 aliphatic rings. The van der Waals surface area contributed by atoms with Gasteiger partial charge >= 0.3 is 5.97 Å². The first kappa shape index (κ1) is 32.3. The molecule has 2 aliphatic heterocycles. The second-order valence-electron chi connectivity index (χ2n) is 11.1. The van der Waals surface area contributed by atoms with Gasteiger partial charge in [-0.05, 0) is 60.9 Å². The van der Waals surface area contributed by atoms with Gasteiger partial charge in [0.25, 0.3) is 5.91 Å². The maximum absolute atomic E-state index is 16.7. The summed E-state index contributed by atoms with van der Waals surface area (Å²) in [5.74, 6) is -2.87. The Kier molecular flexibility index (Phi) is 9.08. The number of alkyl halides is 1. The van der Waals surface area contributed by atoms with E-state index in [1.54, 1.807) is 62.4 Å². The largest absolute Gasteiger partial charge is 0.481 e. The third-order valence-electron chi connectivity index (χ3n) is 8.76. The average molecular weight is 649 g/mol. The second kappa shape index (κ2) is 12.4. The summed E-state index contributed by atoms with van der Waals surface area (Å²) in [6, 6.07) is 13.8. The third kappa shape index (κ3) is 5.28. The van der Waals surface area contributed by atoms with Gasteiger partial charge in [0, 0.05) is 48.3 Å². The van der Waals surface area contributed by atoms with Gasteiger partial charge in [-0.25, -0.2) is 8.78 Å². The number of carboxylic acid groups (broad SMARTS) is 1. The molecule has 3 aromatic rings. The summed E-state index contributed by atoms with van der Waals surface area (Å²) in [7, 11) is 0. The number of amides is 1. The molecule has 0 aromatic heterocycles. The monoisotopic (exact) mass is 647 g/mol. The quantitative estimate of drug-likeness (QED) is 0.242. The topological polar surface area (TPSA) is 96.3 Å². The summed E-state index contributed by atoms with van der Waals surface area (Å²) >= 11 is 12.3. The Balaban J connectivity index is 1.80. The van der Waals surface area contributed by atoms with Crippen LogP contribution >= 0.6 is 23.2 Å². The van der Waals surface area contributed by atoms with E-state index in [-0.39, 0.29) is 55.8 Å². The van der Waals surface area contributed by atoms with E-state index >= 15 is 8.78 Å². The lowest BCUT2D eigenvalue weighted by Gasteiger charge is -2.44. The van der Waals surface area contributed by atoms with Gasteiger partial charge < -0.3 is 19.7 Å². The zero-order valence-corrected chi connectivity index (χ0v) is 25.8. The number of carbonyl (C=O) groups is 2. The number of rotatable bonds is 10. The fourth-order valence-electron chi connectivity index (χ4n) is 6.60. The number of aliphatic hydroxyl groups is 1. The molecule has 2 N–H and O–H groups in total. The number of nitrogens with zero attached hydrogens (tertiary/aromatic N) is 1. The summed E-state index contributed by atoms with van der Waals surface area (Å²) in [6.07, 6.45) is -0.868. The lowest BCUT2D eigenvalue weighted by molar-refractivity contribution is -0.155. The minimum atomic E-state index is -2.13. The molecule has 11 heteroatoms. The molecule has 234 valence electrons. The molecule has 2 unspecified atom stereocenters. The Bertz CT molecular complexity index is 1550. The molecule has 2 heterocycles. The van der Waals surface area contributed by atoms with Crippen LogP contribution in [0.4, 0.5) is 8.78 Å². The Morgan fingerprint density at radius 3 is 2.20 bits per heavy atom. The van der Waals surface area contributed by atoms with Crippen LogP contribution in [0.15, 0.2) is 60.7 Å². The molecular formula is C33H33Cl2F2NO6. The van der Waals surface area contributed by atoms with E-state index in [0.29, 0.717) is 21.2 Å².